The van der Waals surface area contributed by atoms with E-state index in [1.807, 2.05) is 18.7 Å². The van der Waals surface area contributed by atoms with Gasteiger partial charge in [-0.1, -0.05) is 31.1 Å². The predicted molar refractivity (Wildman–Crippen MR) is 70.0 cm³/mol. The highest BCUT2D eigenvalue weighted by molar-refractivity contribution is 7.16. The molecule has 0 aliphatic carbocycles. The molecule has 0 unspecified atom stereocenters. The quantitative estimate of drug-likeness (QED) is 0.792. The summed E-state index contributed by atoms with van der Waals surface area (Å²) in [4.78, 5) is 14.0. The van der Waals surface area contributed by atoms with Crippen LogP contribution in [0.4, 0.5) is 5.13 Å². The van der Waals surface area contributed by atoms with Crippen LogP contribution in [0, 0.1) is 0 Å². The van der Waals surface area contributed by atoms with Gasteiger partial charge in [-0.05, 0) is 20.3 Å². The van der Waals surface area contributed by atoms with Crippen LogP contribution in [0.2, 0.25) is 0 Å². The summed E-state index contributed by atoms with van der Waals surface area (Å²) in [6, 6.07) is 0.171. The van der Waals surface area contributed by atoms with Crippen molar-refractivity contribution in [3.63, 3.8) is 0 Å². The Balaban J connectivity index is 2.67. The fourth-order valence-corrected chi connectivity index (χ4v) is 2.14. The first-order valence-electron chi connectivity index (χ1n) is 5.96. The number of amides is 1. The van der Waals surface area contributed by atoms with Crippen molar-refractivity contribution < 1.29 is 4.79 Å². The van der Waals surface area contributed by atoms with Gasteiger partial charge in [0.15, 0.2) is 0 Å². The minimum Gasteiger partial charge on any atom is -0.374 e. The molecule has 1 heterocycles. The Morgan fingerprint density at radius 1 is 1.41 bits per heavy atom. The second-order valence-corrected chi connectivity index (χ2v) is 5.25. The second kappa shape index (κ2) is 6.54. The number of carbonyl (C=O) groups excluding carboxylic acids is 1. The topological polar surface area (TPSA) is 72.1 Å². The van der Waals surface area contributed by atoms with Crippen LogP contribution in [-0.2, 0) is 0 Å². The molecule has 0 fully saturated rings. The predicted octanol–water partition coefficient (Wildman–Crippen LogP) is 2.16. The highest BCUT2D eigenvalue weighted by atomic mass is 32.1. The third-order valence-electron chi connectivity index (χ3n) is 2.51. The van der Waals surface area contributed by atoms with Gasteiger partial charge in [0.25, 0.3) is 5.91 Å². The lowest BCUT2D eigenvalue weighted by molar-refractivity contribution is 0.0701. The Bertz CT molecular complexity index is 364. The summed E-state index contributed by atoms with van der Waals surface area (Å²) >= 11 is 1.15. The lowest BCUT2D eigenvalue weighted by Crippen LogP contribution is -2.37. The summed E-state index contributed by atoms with van der Waals surface area (Å²) in [5.41, 5.74) is 5.49. The zero-order valence-corrected chi connectivity index (χ0v) is 11.5. The van der Waals surface area contributed by atoms with E-state index in [9.17, 15) is 4.79 Å². The van der Waals surface area contributed by atoms with Crippen LogP contribution in [0.1, 0.15) is 49.8 Å². The molecule has 0 aliphatic rings. The summed E-state index contributed by atoms with van der Waals surface area (Å²) in [6.07, 6.45) is 3.30. The summed E-state index contributed by atoms with van der Waals surface area (Å²) < 4.78 is 0. The number of unbranched alkanes of at least 4 members (excludes halogenated alkanes) is 2. The molecular weight excluding hydrogens is 236 g/mol. The average Bonchev–Trinajstić information content (AvgIpc) is 2.70. The maximum atomic E-state index is 12.2. The lowest BCUT2D eigenvalue weighted by atomic mass is 10.2. The number of anilines is 1. The van der Waals surface area contributed by atoms with Crippen LogP contribution in [0.3, 0.4) is 0 Å². The van der Waals surface area contributed by atoms with Crippen LogP contribution < -0.4 is 5.73 Å². The zero-order valence-electron chi connectivity index (χ0n) is 10.6. The van der Waals surface area contributed by atoms with Crippen molar-refractivity contribution >= 4 is 22.4 Å². The highest BCUT2D eigenvalue weighted by Crippen LogP contribution is 2.15. The van der Waals surface area contributed by atoms with Crippen LogP contribution in [-0.4, -0.2) is 33.6 Å². The van der Waals surface area contributed by atoms with E-state index in [0.717, 1.165) is 37.1 Å². The minimum absolute atomic E-state index is 0.0645. The summed E-state index contributed by atoms with van der Waals surface area (Å²) in [5.74, 6) is -0.0645. The number of carbonyl (C=O) groups is 1. The standard InChI is InChI=1S/C11H20N4OS/c1-4-5-6-7-15(8(2)3)10(16)9-13-14-11(12)17-9/h8H,4-7H2,1-3H3,(H2,12,14). The first kappa shape index (κ1) is 13.9. The Morgan fingerprint density at radius 2 is 2.12 bits per heavy atom. The van der Waals surface area contributed by atoms with Crippen molar-refractivity contribution in [3.8, 4) is 0 Å². The van der Waals surface area contributed by atoms with Crippen molar-refractivity contribution in [2.75, 3.05) is 12.3 Å². The number of aromatic nitrogens is 2. The van der Waals surface area contributed by atoms with Crippen molar-refractivity contribution in [2.24, 2.45) is 0 Å². The van der Waals surface area contributed by atoms with Crippen molar-refractivity contribution in [3.05, 3.63) is 5.01 Å². The summed E-state index contributed by atoms with van der Waals surface area (Å²) in [5, 5.41) is 8.19. The number of nitrogens with zero attached hydrogens (tertiary/aromatic N) is 3. The average molecular weight is 256 g/mol. The van der Waals surface area contributed by atoms with Gasteiger partial charge in [-0.25, -0.2) is 0 Å². The first-order valence-corrected chi connectivity index (χ1v) is 6.77. The molecule has 5 nitrogen and oxygen atoms in total. The molecule has 2 N–H and O–H groups in total. The Morgan fingerprint density at radius 3 is 2.59 bits per heavy atom. The lowest BCUT2D eigenvalue weighted by Gasteiger charge is -2.25. The van der Waals surface area contributed by atoms with Gasteiger partial charge in [-0.2, -0.15) is 0 Å². The molecule has 17 heavy (non-hydrogen) atoms. The van der Waals surface area contributed by atoms with Crippen molar-refractivity contribution in [2.45, 2.75) is 46.1 Å². The first-order chi connectivity index (χ1) is 8.06. The number of rotatable bonds is 6. The number of hydrogen-bond donors (Lipinski definition) is 1. The van der Waals surface area contributed by atoms with E-state index < -0.39 is 0 Å². The summed E-state index contributed by atoms with van der Waals surface area (Å²) in [7, 11) is 0. The molecule has 1 aromatic heterocycles. The molecule has 0 atom stereocenters. The van der Waals surface area contributed by atoms with Crippen LogP contribution in [0.5, 0.6) is 0 Å². The molecule has 0 saturated heterocycles. The van der Waals surface area contributed by atoms with E-state index in [-0.39, 0.29) is 11.9 Å². The molecule has 0 saturated carbocycles. The third kappa shape index (κ3) is 3.96. The molecule has 0 aliphatic heterocycles. The SMILES string of the molecule is CCCCCN(C(=O)c1nnc(N)s1)C(C)C. The molecule has 1 rings (SSSR count). The van der Waals surface area contributed by atoms with Gasteiger partial charge >= 0.3 is 0 Å². The molecule has 0 bridgehead atoms. The second-order valence-electron chi connectivity index (χ2n) is 4.24. The van der Waals surface area contributed by atoms with E-state index >= 15 is 0 Å². The largest absolute Gasteiger partial charge is 0.374 e. The van der Waals surface area contributed by atoms with Crippen molar-refractivity contribution in [1.82, 2.24) is 15.1 Å². The Hall–Kier alpha value is -1.17. The summed E-state index contributed by atoms with van der Waals surface area (Å²) in [6.45, 7) is 6.93. The van der Waals surface area contributed by atoms with E-state index in [1.54, 1.807) is 0 Å². The van der Waals surface area contributed by atoms with Gasteiger partial charge in [0.1, 0.15) is 0 Å². The van der Waals surface area contributed by atoms with E-state index in [0.29, 0.717) is 10.1 Å². The van der Waals surface area contributed by atoms with E-state index in [2.05, 4.69) is 17.1 Å². The monoisotopic (exact) mass is 256 g/mol. The maximum absolute atomic E-state index is 12.2. The van der Waals surface area contributed by atoms with Gasteiger partial charge in [0.2, 0.25) is 10.1 Å². The fraction of sp³-hybridized carbons (Fsp3) is 0.727. The number of nitrogen functional groups attached to an aromatic ring is 1. The molecule has 0 aromatic carbocycles. The van der Waals surface area contributed by atoms with Gasteiger partial charge in [-0.3, -0.25) is 4.79 Å². The molecule has 1 amide bonds. The number of nitrogens with two attached hydrogens (primary N) is 1. The fourth-order valence-electron chi connectivity index (χ4n) is 1.57. The Labute approximate surface area is 106 Å². The maximum Gasteiger partial charge on any atom is 0.285 e. The van der Waals surface area contributed by atoms with Gasteiger partial charge in [0.05, 0.1) is 0 Å². The molecular formula is C11H20N4OS. The molecule has 6 heteroatoms. The highest BCUT2D eigenvalue weighted by Gasteiger charge is 2.21. The minimum atomic E-state index is -0.0645. The van der Waals surface area contributed by atoms with Crippen LogP contribution in [0.15, 0.2) is 0 Å². The zero-order chi connectivity index (χ0) is 12.8. The molecule has 96 valence electrons. The van der Waals surface area contributed by atoms with Gasteiger partial charge < -0.3 is 10.6 Å². The molecule has 0 spiro atoms. The van der Waals surface area contributed by atoms with Crippen LogP contribution in [0.25, 0.3) is 0 Å². The molecule has 1 aromatic rings. The molecule has 0 radical (unpaired) electrons. The van der Waals surface area contributed by atoms with Gasteiger partial charge in [0, 0.05) is 12.6 Å². The van der Waals surface area contributed by atoms with Gasteiger partial charge in [-0.15, -0.1) is 10.2 Å². The van der Waals surface area contributed by atoms with Crippen molar-refractivity contribution in [1.29, 1.82) is 0 Å². The third-order valence-corrected chi connectivity index (χ3v) is 3.25. The normalized spacial score (nSPS) is 10.8. The van der Waals surface area contributed by atoms with E-state index in [1.165, 1.54) is 0 Å². The van der Waals surface area contributed by atoms with Crippen LogP contribution >= 0.6 is 11.3 Å². The number of hydrogen-bond acceptors (Lipinski definition) is 5. The Kier molecular flexibility index (Phi) is 5.34. The van der Waals surface area contributed by atoms with E-state index in [4.69, 9.17) is 5.73 Å². The smallest absolute Gasteiger partial charge is 0.285 e.